The van der Waals surface area contributed by atoms with E-state index in [9.17, 15) is 9.59 Å². The molecule has 1 saturated carbocycles. The van der Waals surface area contributed by atoms with E-state index < -0.39 is 5.97 Å². The molecule has 2 N–H and O–H groups in total. The fourth-order valence-corrected chi connectivity index (χ4v) is 2.70. The monoisotopic (exact) mass is 307 g/mol. The Bertz CT molecular complexity index is 566. The minimum atomic E-state index is -1.09. The number of benzene rings is 1. The highest BCUT2D eigenvalue weighted by Crippen LogP contribution is 2.40. The number of amides is 1. The third kappa shape index (κ3) is 3.57. The van der Waals surface area contributed by atoms with E-state index in [1.54, 1.807) is 7.11 Å². The summed E-state index contributed by atoms with van der Waals surface area (Å²) in [5.41, 5.74) is 0.321. The van der Waals surface area contributed by atoms with Crippen LogP contribution in [0, 0.1) is 5.41 Å². The van der Waals surface area contributed by atoms with E-state index in [1.807, 2.05) is 0 Å². The fourth-order valence-electron chi connectivity index (χ4n) is 2.70. The highest BCUT2D eigenvalue weighted by molar-refractivity contribution is 5.98. The maximum atomic E-state index is 12.3. The van der Waals surface area contributed by atoms with Crippen LogP contribution in [0.1, 0.15) is 40.0 Å². The fraction of sp³-hybridized carbons (Fsp3) is 0.500. The molecule has 0 bridgehead atoms. The molecule has 0 spiro atoms. The molecule has 120 valence electrons. The summed E-state index contributed by atoms with van der Waals surface area (Å²) in [7, 11) is 3.09. The first-order valence-corrected chi connectivity index (χ1v) is 7.19. The quantitative estimate of drug-likeness (QED) is 0.804. The van der Waals surface area contributed by atoms with Gasteiger partial charge in [-0.3, -0.25) is 4.79 Å². The van der Waals surface area contributed by atoms with Gasteiger partial charge in [-0.1, -0.05) is 6.42 Å². The van der Waals surface area contributed by atoms with Crippen molar-refractivity contribution in [2.45, 2.75) is 19.3 Å². The van der Waals surface area contributed by atoms with E-state index >= 15 is 0 Å². The molecule has 0 aromatic heterocycles. The molecule has 0 aliphatic heterocycles. The van der Waals surface area contributed by atoms with Crippen molar-refractivity contribution in [2.24, 2.45) is 5.41 Å². The number of nitrogens with one attached hydrogen (secondary N) is 1. The van der Waals surface area contributed by atoms with Crippen molar-refractivity contribution in [1.82, 2.24) is 5.32 Å². The van der Waals surface area contributed by atoms with Crippen LogP contribution >= 0.6 is 0 Å². The Kier molecular flexibility index (Phi) is 5.03. The second-order valence-electron chi connectivity index (χ2n) is 5.72. The first-order valence-electron chi connectivity index (χ1n) is 7.19. The predicted molar refractivity (Wildman–Crippen MR) is 80.4 cm³/mol. The second-order valence-corrected chi connectivity index (χ2v) is 5.72. The van der Waals surface area contributed by atoms with Crippen LogP contribution in [0.2, 0.25) is 0 Å². The average molecular weight is 307 g/mol. The maximum Gasteiger partial charge on any atom is 0.335 e. The van der Waals surface area contributed by atoms with Crippen molar-refractivity contribution in [3.63, 3.8) is 0 Å². The Morgan fingerprint density at radius 2 is 1.91 bits per heavy atom. The van der Waals surface area contributed by atoms with Crippen LogP contribution in [0.4, 0.5) is 0 Å². The van der Waals surface area contributed by atoms with Crippen LogP contribution in [-0.2, 0) is 4.74 Å². The Balaban J connectivity index is 2.08. The van der Waals surface area contributed by atoms with Crippen molar-refractivity contribution >= 4 is 11.9 Å². The molecule has 22 heavy (non-hydrogen) atoms. The van der Waals surface area contributed by atoms with E-state index in [0.29, 0.717) is 18.9 Å². The standard InChI is InChI=1S/C16H21NO5/c1-21-10-16(4-3-5-16)9-17-14(18)11-6-12(15(19)20)8-13(7-11)22-2/h6-8H,3-5,9-10H2,1-2H3,(H,17,18)(H,19,20). The number of ether oxygens (including phenoxy) is 2. The van der Waals surface area contributed by atoms with Gasteiger partial charge in [-0.25, -0.2) is 4.79 Å². The van der Waals surface area contributed by atoms with Gasteiger partial charge in [-0.05, 0) is 31.0 Å². The third-order valence-corrected chi connectivity index (χ3v) is 4.14. The summed E-state index contributed by atoms with van der Waals surface area (Å²) in [6.45, 7) is 1.14. The number of carboxylic acid groups (broad SMARTS) is 1. The summed E-state index contributed by atoms with van der Waals surface area (Å²) in [5, 5.41) is 12.0. The van der Waals surface area contributed by atoms with Gasteiger partial charge in [0.1, 0.15) is 5.75 Å². The van der Waals surface area contributed by atoms with Crippen LogP contribution in [0.3, 0.4) is 0 Å². The number of methoxy groups -OCH3 is 2. The molecule has 0 saturated heterocycles. The number of carboxylic acids is 1. The second kappa shape index (κ2) is 6.79. The molecular formula is C16H21NO5. The molecule has 0 unspecified atom stereocenters. The van der Waals surface area contributed by atoms with Gasteiger partial charge in [-0.15, -0.1) is 0 Å². The number of aromatic carboxylic acids is 1. The lowest BCUT2D eigenvalue weighted by Gasteiger charge is -2.41. The lowest BCUT2D eigenvalue weighted by Crippen LogP contribution is -2.45. The normalized spacial score (nSPS) is 15.7. The molecule has 0 heterocycles. The number of carbonyl (C=O) groups is 2. The minimum Gasteiger partial charge on any atom is -0.497 e. The average Bonchev–Trinajstić information content (AvgIpc) is 2.48. The van der Waals surface area contributed by atoms with Gasteiger partial charge < -0.3 is 19.9 Å². The first kappa shape index (κ1) is 16.3. The van der Waals surface area contributed by atoms with E-state index in [0.717, 1.165) is 19.3 Å². The van der Waals surface area contributed by atoms with Gasteiger partial charge in [-0.2, -0.15) is 0 Å². The zero-order chi connectivity index (χ0) is 16.2. The Hall–Kier alpha value is -2.08. The Morgan fingerprint density at radius 3 is 2.41 bits per heavy atom. The Morgan fingerprint density at radius 1 is 1.23 bits per heavy atom. The van der Waals surface area contributed by atoms with E-state index in [1.165, 1.54) is 25.3 Å². The summed E-state index contributed by atoms with van der Waals surface area (Å²) >= 11 is 0. The van der Waals surface area contributed by atoms with Gasteiger partial charge >= 0.3 is 5.97 Å². The summed E-state index contributed by atoms with van der Waals surface area (Å²) in [6, 6.07) is 4.27. The van der Waals surface area contributed by atoms with Crippen LogP contribution in [0.5, 0.6) is 5.75 Å². The largest absolute Gasteiger partial charge is 0.497 e. The molecule has 1 fully saturated rings. The van der Waals surface area contributed by atoms with E-state index in [2.05, 4.69) is 5.32 Å². The molecule has 1 aliphatic rings. The summed E-state index contributed by atoms with van der Waals surface area (Å²) in [4.78, 5) is 23.4. The highest BCUT2D eigenvalue weighted by atomic mass is 16.5. The predicted octanol–water partition coefficient (Wildman–Crippen LogP) is 1.94. The highest BCUT2D eigenvalue weighted by Gasteiger charge is 2.37. The SMILES string of the molecule is COCC1(CNC(=O)c2cc(OC)cc(C(=O)O)c2)CCC1. The number of hydrogen-bond acceptors (Lipinski definition) is 4. The number of rotatable bonds is 7. The van der Waals surface area contributed by atoms with Crippen molar-refractivity contribution in [3.05, 3.63) is 29.3 Å². The van der Waals surface area contributed by atoms with Crippen LogP contribution < -0.4 is 10.1 Å². The molecule has 2 rings (SSSR count). The first-order chi connectivity index (χ1) is 10.5. The molecule has 6 heteroatoms. The van der Waals surface area contributed by atoms with Gasteiger partial charge in [0.05, 0.1) is 19.3 Å². The zero-order valence-corrected chi connectivity index (χ0v) is 12.8. The van der Waals surface area contributed by atoms with E-state index in [4.69, 9.17) is 14.6 Å². The number of carbonyl (C=O) groups excluding carboxylic acids is 1. The number of hydrogen-bond donors (Lipinski definition) is 2. The van der Waals surface area contributed by atoms with Crippen molar-refractivity contribution in [1.29, 1.82) is 0 Å². The van der Waals surface area contributed by atoms with Crippen molar-refractivity contribution < 1.29 is 24.2 Å². The van der Waals surface area contributed by atoms with Crippen LogP contribution in [0.25, 0.3) is 0 Å². The molecule has 0 radical (unpaired) electrons. The Labute approximate surface area is 129 Å². The van der Waals surface area contributed by atoms with Gasteiger partial charge in [0.2, 0.25) is 0 Å². The maximum absolute atomic E-state index is 12.3. The van der Waals surface area contributed by atoms with Crippen molar-refractivity contribution in [2.75, 3.05) is 27.4 Å². The van der Waals surface area contributed by atoms with Gasteiger partial charge in [0.15, 0.2) is 0 Å². The molecule has 0 atom stereocenters. The third-order valence-electron chi connectivity index (χ3n) is 4.14. The summed E-state index contributed by atoms with van der Waals surface area (Å²) in [5.74, 6) is -1.05. The van der Waals surface area contributed by atoms with Crippen LogP contribution in [-0.4, -0.2) is 44.4 Å². The summed E-state index contributed by atoms with van der Waals surface area (Å²) in [6.07, 6.45) is 3.20. The topological polar surface area (TPSA) is 84.9 Å². The molecule has 6 nitrogen and oxygen atoms in total. The lowest BCUT2D eigenvalue weighted by molar-refractivity contribution is 0.0180. The molecule has 1 aliphatic carbocycles. The van der Waals surface area contributed by atoms with E-state index in [-0.39, 0.29) is 22.4 Å². The van der Waals surface area contributed by atoms with Gasteiger partial charge in [0.25, 0.3) is 5.91 Å². The molecule has 1 aromatic carbocycles. The smallest absolute Gasteiger partial charge is 0.335 e. The minimum absolute atomic E-state index is 0.0128. The summed E-state index contributed by atoms with van der Waals surface area (Å²) < 4.78 is 10.3. The zero-order valence-electron chi connectivity index (χ0n) is 12.8. The van der Waals surface area contributed by atoms with Gasteiger partial charge in [0, 0.05) is 24.6 Å². The van der Waals surface area contributed by atoms with Crippen LogP contribution in [0.15, 0.2) is 18.2 Å². The van der Waals surface area contributed by atoms with Crippen molar-refractivity contribution in [3.8, 4) is 5.75 Å². The lowest BCUT2D eigenvalue weighted by atomic mass is 9.69. The molecule has 1 aromatic rings. The molecular weight excluding hydrogens is 286 g/mol. The molecule has 1 amide bonds.